The lowest BCUT2D eigenvalue weighted by Crippen LogP contribution is -2.30. The van der Waals surface area contributed by atoms with Crippen molar-refractivity contribution in [1.82, 2.24) is 4.72 Å². The van der Waals surface area contributed by atoms with Crippen LogP contribution in [0.1, 0.15) is 12.0 Å². The van der Waals surface area contributed by atoms with Gasteiger partial charge in [0.05, 0.1) is 5.75 Å². The molecule has 7 heteroatoms. The third kappa shape index (κ3) is 5.37. The van der Waals surface area contributed by atoms with Crippen LogP contribution in [0.15, 0.2) is 48.5 Å². The summed E-state index contributed by atoms with van der Waals surface area (Å²) >= 11 is 0. The summed E-state index contributed by atoms with van der Waals surface area (Å²) in [6.45, 7) is 0.682. The predicted octanol–water partition coefficient (Wildman–Crippen LogP) is 2.35. The maximum atomic E-state index is 12.0. The van der Waals surface area contributed by atoms with Crippen molar-refractivity contribution in [2.45, 2.75) is 12.8 Å². The van der Waals surface area contributed by atoms with Crippen molar-refractivity contribution < 1.29 is 22.6 Å². The highest BCUT2D eigenvalue weighted by atomic mass is 32.2. The van der Waals surface area contributed by atoms with E-state index in [1.807, 2.05) is 30.3 Å². The fourth-order valence-electron chi connectivity index (χ4n) is 2.52. The maximum absolute atomic E-state index is 12.0. The second kappa shape index (κ2) is 8.22. The summed E-state index contributed by atoms with van der Waals surface area (Å²) in [6, 6.07) is 15.1. The van der Waals surface area contributed by atoms with E-state index in [1.54, 1.807) is 18.2 Å². The van der Waals surface area contributed by atoms with Crippen molar-refractivity contribution in [2.75, 3.05) is 25.7 Å². The summed E-state index contributed by atoms with van der Waals surface area (Å²) in [6.07, 6.45) is 1.33. The molecule has 0 radical (unpaired) electrons. The normalized spacial score (nSPS) is 13.0. The summed E-state index contributed by atoms with van der Waals surface area (Å²) in [5.41, 5.74) is 1.14. The molecule has 3 rings (SSSR count). The first kappa shape index (κ1) is 17.6. The van der Waals surface area contributed by atoms with Crippen LogP contribution in [-0.4, -0.2) is 34.1 Å². The average Bonchev–Trinajstić information content (AvgIpc) is 3.07. The highest BCUT2D eigenvalue weighted by molar-refractivity contribution is 7.89. The van der Waals surface area contributed by atoms with Crippen molar-refractivity contribution in [3.8, 4) is 17.2 Å². The standard InChI is InChI=1S/C18H21NO5S/c20-25(21,12-4-7-15-5-2-1-3-6-15)19-10-11-22-16-8-9-17-18(13-16)24-14-23-17/h1-3,5-6,8-9,13,19H,4,7,10-12,14H2. The topological polar surface area (TPSA) is 73.9 Å². The zero-order chi connectivity index (χ0) is 17.5. The number of hydrogen-bond donors (Lipinski definition) is 1. The minimum Gasteiger partial charge on any atom is -0.492 e. The second-order valence-electron chi connectivity index (χ2n) is 5.67. The SMILES string of the molecule is O=S(=O)(CCCc1ccccc1)NCCOc1ccc2c(c1)OCO2. The zero-order valence-electron chi connectivity index (χ0n) is 13.8. The van der Waals surface area contributed by atoms with Crippen molar-refractivity contribution in [1.29, 1.82) is 0 Å². The van der Waals surface area contributed by atoms with E-state index in [4.69, 9.17) is 14.2 Å². The molecule has 0 saturated heterocycles. The van der Waals surface area contributed by atoms with Crippen LogP contribution in [0.2, 0.25) is 0 Å². The van der Waals surface area contributed by atoms with Gasteiger partial charge in [-0.25, -0.2) is 13.1 Å². The monoisotopic (exact) mass is 363 g/mol. The number of benzene rings is 2. The molecule has 2 aromatic carbocycles. The molecule has 1 aliphatic rings. The van der Waals surface area contributed by atoms with Gasteiger partial charge in [0.1, 0.15) is 12.4 Å². The van der Waals surface area contributed by atoms with Crippen LogP contribution in [0.5, 0.6) is 17.2 Å². The van der Waals surface area contributed by atoms with Crippen LogP contribution in [0.4, 0.5) is 0 Å². The Hall–Kier alpha value is -2.25. The Labute approximate surface area is 147 Å². The third-order valence-electron chi connectivity index (χ3n) is 3.76. The number of sulfonamides is 1. The minimum atomic E-state index is -3.29. The van der Waals surface area contributed by atoms with Crippen molar-refractivity contribution >= 4 is 10.0 Å². The zero-order valence-corrected chi connectivity index (χ0v) is 14.6. The van der Waals surface area contributed by atoms with Crippen LogP contribution >= 0.6 is 0 Å². The third-order valence-corrected chi connectivity index (χ3v) is 5.23. The number of ether oxygens (including phenoxy) is 3. The number of rotatable bonds is 9. The molecule has 134 valence electrons. The maximum Gasteiger partial charge on any atom is 0.231 e. The molecule has 0 bridgehead atoms. The molecule has 1 aliphatic heterocycles. The van der Waals surface area contributed by atoms with E-state index >= 15 is 0 Å². The van der Waals surface area contributed by atoms with Gasteiger partial charge in [-0.3, -0.25) is 0 Å². The summed E-state index contributed by atoms with van der Waals surface area (Å²) in [7, 11) is -3.29. The minimum absolute atomic E-state index is 0.103. The lowest BCUT2D eigenvalue weighted by atomic mass is 10.1. The first-order valence-corrected chi connectivity index (χ1v) is 9.81. The highest BCUT2D eigenvalue weighted by Gasteiger charge is 2.14. The van der Waals surface area contributed by atoms with Crippen LogP contribution in [-0.2, 0) is 16.4 Å². The van der Waals surface area contributed by atoms with Crippen molar-refractivity contribution in [2.24, 2.45) is 0 Å². The lowest BCUT2D eigenvalue weighted by molar-refractivity contribution is 0.173. The Balaban J connectivity index is 1.36. The van der Waals surface area contributed by atoms with Crippen LogP contribution in [0.25, 0.3) is 0 Å². The van der Waals surface area contributed by atoms with Crippen LogP contribution in [0, 0.1) is 0 Å². The molecule has 0 atom stereocenters. The Morgan fingerprint density at radius 2 is 1.84 bits per heavy atom. The quantitative estimate of drug-likeness (QED) is 0.692. The molecule has 6 nitrogen and oxygen atoms in total. The molecule has 0 aliphatic carbocycles. The second-order valence-corrected chi connectivity index (χ2v) is 7.59. The summed E-state index contributed by atoms with van der Waals surface area (Å²) in [5, 5.41) is 0. The number of hydrogen-bond acceptors (Lipinski definition) is 5. The largest absolute Gasteiger partial charge is 0.492 e. The predicted molar refractivity (Wildman–Crippen MR) is 94.6 cm³/mol. The highest BCUT2D eigenvalue weighted by Crippen LogP contribution is 2.34. The average molecular weight is 363 g/mol. The first-order valence-electron chi connectivity index (χ1n) is 8.16. The Kier molecular flexibility index (Phi) is 5.78. The molecule has 0 fully saturated rings. The number of aryl methyl sites for hydroxylation is 1. The first-order chi connectivity index (χ1) is 12.1. The molecule has 25 heavy (non-hydrogen) atoms. The van der Waals surface area contributed by atoms with Gasteiger partial charge in [0, 0.05) is 12.6 Å². The molecule has 2 aromatic rings. The fourth-order valence-corrected chi connectivity index (χ4v) is 3.58. The van der Waals surface area contributed by atoms with Gasteiger partial charge in [-0.05, 0) is 30.5 Å². The molecule has 0 amide bonds. The van der Waals surface area contributed by atoms with E-state index in [0.29, 0.717) is 23.7 Å². The van der Waals surface area contributed by atoms with Gasteiger partial charge in [-0.15, -0.1) is 0 Å². The van der Waals surface area contributed by atoms with E-state index in [2.05, 4.69) is 4.72 Å². The Morgan fingerprint density at radius 3 is 2.68 bits per heavy atom. The van der Waals surface area contributed by atoms with Crippen molar-refractivity contribution in [3.05, 3.63) is 54.1 Å². The van der Waals surface area contributed by atoms with Crippen molar-refractivity contribution in [3.63, 3.8) is 0 Å². The summed E-state index contributed by atoms with van der Waals surface area (Å²) < 4.78 is 42.6. The molecule has 1 heterocycles. The molecular formula is C18H21NO5S. The van der Waals surface area contributed by atoms with Gasteiger partial charge in [-0.2, -0.15) is 0 Å². The van der Waals surface area contributed by atoms with E-state index in [-0.39, 0.29) is 25.7 Å². The van der Waals surface area contributed by atoms with Gasteiger partial charge in [0.15, 0.2) is 11.5 Å². The van der Waals surface area contributed by atoms with E-state index < -0.39 is 10.0 Å². The van der Waals surface area contributed by atoms with Gasteiger partial charge in [0.25, 0.3) is 0 Å². The van der Waals surface area contributed by atoms with E-state index in [1.165, 1.54) is 0 Å². The van der Waals surface area contributed by atoms with Crippen LogP contribution < -0.4 is 18.9 Å². The summed E-state index contributed by atoms with van der Waals surface area (Å²) in [5.74, 6) is 2.05. The van der Waals surface area contributed by atoms with Gasteiger partial charge < -0.3 is 14.2 Å². The molecule has 0 aromatic heterocycles. The van der Waals surface area contributed by atoms with Crippen LogP contribution in [0.3, 0.4) is 0 Å². The van der Waals surface area contributed by atoms with E-state index in [9.17, 15) is 8.42 Å². The van der Waals surface area contributed by atoms with E-state index in [0.717, 1.165) is 12.0 Å². The molecule has 0 saturated carbocycles. The Morgan fingerprint density at radius 1 is 1.04 bits per heavy atom. The molecular weight excluding hydrogens is 342 g/mol. The molecule has 1 N–H and O–H groups in total. The fraction of sp³-hybridized carbons (Fsp3) is 0.333. The lowest BCUT2D eigenvalue weighted by Gasteiger charge is -2.09. The Bertz CT molecular complexity index is 792. The van der Waals surface area contributed by atoms with Gasteiger partial charge >= 0.3 is 0 Å². The molecule has 0 unspecified atom stereocenters. The van der Waals surface area contributed by atoms with Gasteiger partial charge in [0.2, 0.25) is 16.8 Å². The summed E-state index contributed by atoms with van der Waals surface area (Å²) in [4.78, 5) is 0. The number of fused-ring (bicyclic) bond motifs is 1. The van der Waals surface area contributed by atoms with Gasteiger partial charge in [-0.1, -0.05) is 30.3 Å². The molecule has 0 spiro atoms. The number of nitrogens with one attached hydrogen (secondary N) is 1. The smallest absolute Gasteiger partial charge is 0.231 e.